The van der Waals surface area contributed by atoms with Crippen LogP contribution in [-0.2, 0) is 0 Å². The largest absolute Gasteiger partial charge is 0.324 e. The molecule has 0 aromatic heterocycles. The van der Waals surface area contributed by atoms with Crippen molar-refractivity contribution in [2.24, 2.45) is 35.5 Å². The minimum atomic E-state index is 0.913. The van der Waals surface area contributed by atoms with Gasteiger partial charge in [-0.25, -0.2) is 0 Å². The van der Waals surface area contributed by atoms with E-state index < -0.39 is 0 Å². The lowest BCUT2D eigenvalue weighted by Gasteiger charge is -2.45. The molecule has 2 heteroatoms. The third kappa shape index (κ3) is 1.86. The maximum atomic E-state index is 2.67. The molecule has 0 aromatic carbocycles. The molecular weight excluding hydrogens is 268 g/mol. The van der Waals surface area contributed by atoms with Crippen LogP contribution in [0.25, 0.3) is 0 Å². The summed E-state index contributed by atoms with van der Waals surface area (Å²) in [4.78, 5) is 0. The third-order valence-corrected chi connectivity index (χ3v) is 8.71. The lowest BCUT2D eigenvalue weighted by atomic mass is 9.55. The minimum Gasteiger partial charge on any atom is -0.324 e. The molecule has 0 radical (unpaired) electrons. The van der Waals surface area contributed by atoms with Crippen LogP contribution in [-0.4, -0.2) is 61.3 Å². The number of hydrogen-bond acceptors (Lipinski definition) is 0. The van der Waals surface area contributed by atoms with Gasteiger partial charge in [0.05, 0.1) is 52.4 Å². The fourth-order valence-corrected chi connectivity index (χ4v) is 7.05. The molecule has 2 unspecified atom stereocenters. The van der Waals surface area contributed by atoms with Crippen molar-refractivity contribution in [2.75, 3.05) is 52.4 Å². The van der Waals surface area contributed by atoms with Gasteiger partial charge in [-0.2, -0.15) is 0 Å². The summed E-state index contributed by atoms with van der Waals surface area (Å²) < 4.78 is 2.82. The number of hydrogen-bond donors (Lipinski definition) is 0. The van der Waals surface area contributed by atoms with Crippen molar-refractivity contribution in [3.05, 3.63) is 12.2 Å². The fourth-order valence-electron chi connectivity index (χ4n) is 7.05. The second-order valence-electron chi connectivity index (χ2n) is 8.87. The summed E-state index contributed by atoms with van der Waals surface area (Å²) in [6, 6.07) is 0. The van der Waals surface area contributed by atoms with Gasteiger partial charge >= 0.3 is 0 Å². The summed E-state index contributed by atoms with van der Waals surface area (Å²) in [5, 5.41) is 0. The average molecular weight is 305 g/mol. The van der Waals surface area contributed by atoms with Crippen LogP contribution >= 0.6 is 0 Å². The van der Waals surface area contributed by atoms with Crippen LogP contribution in [0, 0.1) is 35.5 Å². The van der Waals surface area contributed by atoms with E-state index in [1.807, 2.05) is 0 Å². The van der Waals surface area contributed by atoms with Gasteiger partial charge in [-0.1, -0.05) is 12.2 Å². The van der Waals surface area contributed by atoms with Crippen molar-refractivity contribution in [1.29, 1.82) is 0 Å². The van der Waals surface area contributed by atoms with Gasteiger partial charge in [0.15, 0.2) is 0 Å². The van der Waals surface area contributed by atoms with Crippen LogP contribution < -0.4 is 0 Å². The zero-order valence-corrected chi connectivity index (χ0v) is 15.2. The summed E-state index contributed by atoms with van der Waals surface area (Å²) >= 11 is 0. The first-order chi connectivity index (χ1) is 10.6. The van der Waals surface area contributed by atoms with E-state index in [-0.39, 0.29) is 0 Å². The quantitative estimate of drug-likeness (QED) is 0.553. The van der Waals surface area contributed by atoms with Crippen LogP contribution in [0.1, 0.15) is 27.7 Å². The molecule has 2 nitrogen and oxygen atoms in total. The van der Waals surface area contributed by atoms with Crippen molar-refractivity contribution < 1.29 is 8.97 Å². The molecule has 124 valence electrons. The number of allylic oxidation sites excluding steroid dienone is 2. The highest BCUT2D eigenvalue weighted by molar-refractivity contribution is 5.17. The molecule has 3 aliphatic carbocycles. The second kappa shape index (κ2) is 5.08. The smallest absolute Gasteiger partial charge is 0.0826 e. The first kappa shape index (κ1) is 15.2. The molecule has 0 N–H and O–H groups in total. The van der Waals surface area contributed by atoms with E-state index in [4.69, 9.17) is 0 Å². The highest BCUT2D eigenvalue weighted by Crippen LogP contribution is 2.58. The molecule has 0 spiro atoms. The first-order valence-electron chi connectivity index (χ1n) is 9.99. The maximum Gasteiger partial charge on any atom is 0.0826 e. The van der Waals surface area contributed by atoms with Gasteiger partial charge in [0.2, 0.25) is 0 Å². The van der Waals surface area contributed by atoms with E-state index in [2.05, 4.69) is 39.8 Å². The summed E-state index contributed by atoms with van der Waals surface area (Å²) in [5.41, 5.74) is 0. The summed E-state index contributed by atoms with van der Waals surface area (Å²) in [6.45, 7) is 21.0. The molecule has 2 bridgehead atoms. The van der Waals surface area contributed by atoms with Crippen molar-refractivity contribution in [3.63, 3.8) is 0 Å². The van der Waals surface area contributed by atoms with E-state index in [1.54, 1.807) is 0 Å². The minimum absolute atomic E-state index is 0.913. The summed E-state index contributed by atoms with van der Waals surface area (Å²) in [6.07, 6.45) is 5.34. The lowest BCUT2D eigenvalue weighted by molar-refractivity contribution is -0.918. The monoisotopic (exact) mass is 304 g/mol. The average Bonchev–Trinajstić information content (AvgIpc) is 3.16. The van der Waals surface area contributed by atoms with E-state index in [9.17, 15) is 0 Å². The fraction of sp³-hybridized carbons (Fsp3) is 0.900. The van der Waals surface area contributed by atoms with Crippen molar-refractivity contribution in [1.82, 2.24) is 0 Å². The highest BCUT2D eigenvalue weighted by atomic mass is 15.4. The normalized spacial score (nSPS) is 46.7. The van der Waals surface area contributed by atoms with Crippen molar-refractivity contribution in [2.45, 2.75) is 27.7 Å². The molecule has 0 aromatic rings. The molecular formula is C20H36N2+2. The van der Waals surface area contributed by atoms with Gasteiger partial charge < -0.3 is 8.97 Å². The van der Waals surface area contributed by atoms with Gasteiger partial charge in [0, 0.05) is 23.7 Å². The summed E-state index contributed by atoms with van der Waals surface area (Å²) in [5.74, 6) is 5.84. The molecule has 22 heavy (non-hydrogen) atoms. The van der Waals surface area contributed by atoms with E-state index in [0.29, 0.717) is 0 Å². The zero-order valence-electron chi connectivity index (χ0n) is 15.2. The number of rotatable bonds is 4. The SMILES string of the molecule is CC[N+]1(CC)C[C@@H]2C3C=CC([C@H]4C[N+](CC)(CC)C[C@@H]34)[C@@H]2C1. The number of nitrogens with zero attached hydrogens (tertiary/aromatic N) is 2. The van der Waals surface area contributed by atoms with Crippen LogP contribution in [0.5, 0.6) is 0 Å². The van der Waals surface area contributed by atoms with Crippen molar-refractivity contribution >= 4 is 0 Å². The topological polar surface area (TPSA) is 0 Å². The maximum absolute atomic E-state index is 2.67. The Morgan fingerprint density at radius 3 is 1.09 bits per heavy atom. The Morgan fingerprint density at radius 2 is 0.864 bits per heavy atom. The van der Waals surface area contributed by atoms with Gasteiger partial charge in [0.1, 0.15) is 0 Å². The van der Waals surface area contributed by atoms with Crippen LogP contribution in [0.2, 0.25) is 0 Å². The third-order valence-electron chi connectivity index (χ3n) is 8.71. The predicted molar refractivity (Wildman–Crippen MR) is 92.2 cm³/mol. The van der Waals surface area contributed by atoms with E-state index >= 15 is 0 Å². The Balaban J connectivity index is 1.63. The van der Waals surface area contributed by atoms with Gasteiger partial charge in [-0.3, -0.25) is 0 Å². The number of quaternary nitrogens is 2. The Morgan fingerprint density at radius 1 is 0.591 bits per heavy atom. The van der Waals surface area contributed by atoms with E-state index in [0.717, 1.165) is 35.5 Å². The van der Waals surface area contributed by atoms with Crippen molar-refractivity contribution in [3.8, 4) is 0 Å². The molecule has 1 saturated carbocycles. The Bertz CT molecular complexity index is 390. The molecule has 2 heterocycles. The standard InChI is InChI=1S/C20H36N2/c1-5-21(6-2)11-17-15-9-10-16(18(17)12-21)20-14-22(7-3,8-4)13-19(15)20/h9-10,15-20H,5-8,11-14H2,1-4H3/q+2/t15?,16?,17-,18+,19+,20-. The van der Waals surface area contributed by atoms with Crippen LogP contribution in [0.3, 0.4) is 0 Å². The van der Waals surface area contributed by atoms with Crippen LogP contribution in [0.15, 0.2) is 12.2 Å². The Hall–Kier alpha value is -0.340. The molecule has 0 amide bonds. The lowest BCUT2D eigenvalue weighted by Crippen LogP contribution is -2.47. The first-order valence-corrected chi connectivity index (χ1v) is 9.99. The molecule has 5 rings (SSSR count). The second-order valence-corrected chi connectivity index (χ2v) is 8.87. The van der Waals surface area contributed by atoms with E-state index in [1.165, 1.54) is 61.3 Å². The Labute approximate surface area is 137 Å². The summed E-state index contributed by atoms with van der Waals surface area (Å²) in [7, 11) is 0. The molecule has 2 aliphatic heterocycles. The van der Waals surface area contributed by atoms with Gasteiger partial charge in [-0.05, 0) is 39.5 Å². The highest BCUT2D eigenvalue weighted by Gasteiger charge is 2.63. The molecule has 6 atom stereocenters. The molecule has 3 fully saturated rings. The molecule has 2 saturated heterocycles. The zero-order chi connectivity index (χ0) is 15.5. The van der Waals surface area contributed by atoms with Gasteiger partial charge in [-0.15, -0.1) is 0 Å². The predicted octanol–water partition coefficient (Wildman–Crippen LogP) is 3.01. The Kier molecular flexibility index (Phi) is 3.51. The van der Waals surface area contributed by atoms with Crippen LogP contribution in [0.4, 0.5) is 0 Å². The molecule has 5 aliphatic rings. The number of likely N-dealkylation sites (tertiary alicyclic amines) is 2. The van der Waals surface area contributed by atoms with Gasteiger partial charge in [0.25, 0.3) is 0 Å².